The lowest BCUT2D eigenvalue weighted by atomic mass is 10.2. The molecule has 1 rings (SSSR count). The van der Waals surface area contributed by atoms with Gasteiger partial charge in [-0.25, -0.2) is 4.98 Å². The summed E-state index contributed by atoms with van der Waals surface area (Å²) in [7, 11) is 0. The fourth-order valence-corrected chi connectivity index (χ4v) is 1.31. The van der Waals surface area contributed by atoms with Gasteiger partial charge in [0.1, 0.15) is 5.82 Å². The molecule has 3 nitrogen and oxygen atoms in total. The van der Waals surface area contributed by atoms with E-state index in [1.807, 2.05) is 6.07 Å². The van der Waals surface area contributed by atoms with Crippen molar-refractivity contribution >= 4 is 5.82 Å². The van der Waals surface area contributed by atoms with Crippen LogP contribution in [0.4, 0.5) is 5.82 Å². The Morgan fingerprint density at radius 2 is 2.27 bits per heavy atom. The minimum atomic E-state index is 0.649. The predicted octanol–water partition coefficient (Wildman–Crippen LogP) is 2.83. The van der Waals surface area contributed by atoms with Crippen LogP contribution in [0.3, 0.4) is 0 Å². The van der Waals surface area contributed by atoms with Crippen LogP contribution in [0.25, 0.3) is 0 Å². The van der Waals surface area contributed by atoms with E-state index in [0.717, 1.165) is 31.0 Å². The molecule has 1 heterocycles. The summed E-state index contributed by atoms with van der Waals surface area (Å²) in [5, 5.41) is 3.23. The molecule has 0 saturated carbocycles. The normalized spacial score (nSPS) is 10.3. The molecule has 0 aliphatic carbocycles. The van der Waals surface area contributed by atoms with E-state index in [4.69, 9.17) is 4.74 Å². The van der Waals surface area contributed by atoms with Crippen molar-refractivity contribution in [1.82, 2.24) is 4.98 Å². The zero-order chi connectivity index (χ0) is 10.9. The van der Waals surface area contributed by atoms with E-state index in [2.05, 4.69) is 30.2 Å². The van der Waals surface area contributed by atoms with Crippen LogP contribution in [-0.4, -0.2) is 18.1 Å². The van der Waals surface area contributed by atoms with Crippen molar-refractivity contribution in [3.05, 3.63) is 23.9 Å². The molecule has 0 aromatic carbocycles. The van der Waals surface area contributed by atoms with Crippen LogP contribution in [0.5, 0.6) is 0 Å². The number of ether oxygens (including phenoxy) is 1. The average Bonchev–Trinajstić information content (AvgIpc) is 2.27. The summed E-state index contributed by atoms with van der Waals surface area (Å²) in [6.45, 7) is 6.60. The van der Waals surface area contributed by atoms with Crippen LogP contribution in [0.2, 0.25) is 0 Å². The molecule has 0 bridgehead atoms. The minimum Gasteiger partial charge on any atom is -0.377 e. The Morgan fingerprint density at radius 3 is 3.00 bits per heavy atom. The van der Waals surface area contributed by atoms with Gasteiger partial charge in [0.25, 0.3) is 0 Å². The van der Waals surface area contributed by atoms with E-state index in [9.17, 15) is 0 Å². The van der Waals surface area contributed by atoms with E-state index in [1.54, 1.807) is 6.20 Å². The third kappa shape index (κ3) is 4.30. The maximum absolute atomic E-state index is 5.57. The van der Waals surface area contributed by atoms with Crippen LogP contribution in [-0.2, 0) is 11.3 Å². The van der Waals surface area contributed by atoms with Crippen molar-refractivity contribution in [2.24, 2.45) is 0 Å². The van der Waals surface area contributed by atoms with E-state index in [1.165, 1.54) is 6.42 Å². The zero-order valence-electron chi connectivity index (χ0n) is 9.62. The Bertz CT molecular complexity index is 276. The number of nitrogens with zero attached hydrogens (tertiary/aromatic N) is 1. The molecule has 1 N–H and O–H groups in total. The van der Waals surface area contributed by atoms with Crippen molar-refractivity contribution in [2.45, 2.75) is 33.3 Å². The van der Waals surface area contributed by atoms with Crippen molar-refractivity contribution in [3.63, 3.8) is 0 Å². The molecule has 0 unspecified atom stereocenters. The number of aromatic nitrogens is 1. The summed E-state index contributed by atoms with van der Waals surface area (Å²) in [5.41, 5.74) is 1.13. The second kappa shape index (κ2) is 7.23. The van der Waals surface area contributed by atoms with E-state index >= 15 is 0 Å². The summed E-state index contributed by atoms with van der Waals surface area (Å²) in [6.07, 6.45) is 4.09. The maximum Gasteiger partial charge on any atom is 0.131 e. The van der Waals surface area contributed by atoms with Crippen molar-refractivity contribution in [1.29, 1.82) is 0 Å². The first-order valence-electron chi connectivity index (χ1n) is 5.64. The highest BCUT2D eigenvalue weighted by molar-refractivity contribution is 5.42. The molecule has 1 aromatic rings. The lowest BCUT2D eigenvalue weighted by molar-refractivity contribution is 0.118. The van der Waals surface area contributed by atoms with Gasteiger partial charge in [0, 0.05) is 24.9 Å². The number of unbranched alkanes of at least 4 members (excludes halogenated alkanes) is 1. The first kappa shape index (κ1) is 12.0. The molecule has 1 aromatic heterocycles. The molecule has 0 aliphatic heterocycles. The van der Waals surface area contributed by atoms with Crippen molar-refractivity contribution < 1.29 is 4.74 Å². The lowest BCUT2D eigenvalue weighted by Gasteiger charge is -2.09. The third-order valence-corrected chi connectivity index (χ3v) is 2.14. The molecule has 0 atom stereocenters. The van der Waals surface area contributed by atoms with Crippen LogP contribution >= 0.6 is 0 Å². The summed E-state index contributed by atoms with van der Waals surface area (Å²) < 4.78 is 5.57. The first-order chi connectivity index (χ1) is 7.38. The molecule has 0 aliphatic rings. The lowest BCUT2D eigenvalue weighted by Crippen LogP contribution is -2.04. The van der Waals surface area contributed by atoms with E-state index in [-0.39, 0.29) is 0 Å². The molecule has 3 heteroatoms. The quantitative estimate of drug-likeness (QED) is 0.700. The highest BCUT2D eigenvalue weighted by Gasteiger charge is 2.01. The predicted molar refractivity (Wildman–Crippen MR) is 63.0 cm³/mol. The van der Waals surface area contributed by atoms with Gasteiger partial charge >= 0.3 is 0 Å². The SMILES string of the molecule is CCCCOCc1cccnc1NCC. The fourth-order valence-electron chi connectivity index (χ4n) is 1.31. The summed E-state index contributed by atoms with van der Waals surface area (Å²) in [5.74, 6) is 0.941. The minimum absolute atomic E-state index is 0.649. The molecular weight excluding hydrogens is 188 g/mol. The number of hydrogen-bond acceptors (Lipinski definition) is 3. The van der Waals surface area contributed by atoms with Gasteiger partial charge in [-0.2, -0.15) is 0 Å². The average molecular weight is 208 g/mol. The van der Waals surface area contributed by atoms with Crippen molar-refractivity contribution in [3.8, 4) is 0 Å². The van der Waals surface area contributed by atoms with Gasteiger partial charge in [-0.3, -0.25) is 0 Å². The fraction of sp³-hybridized carbons (Fsp3) is 0.583. The van der Waals surface area contributed by atoms with Crippen LogP contribution in [0.1, 0.15) is 32.3 Å². The van der Waals surface area contributed by atoms with Gasteiger partial charge in [0.15, 0.2) is 0 Å². The number of nitrogens with one attached hydrogen (secondary N) is 1. The number of pyridine rings is 1. The molecular formula is C12H20N2O. The molecule has 0 spiro atoms. The summed E-state index contributed by atoms with van der Waals surface area (Å²) in [4.78, 5) is 4.28. The standard InChI is InChI=1S/C12H20N2O/c1-3-5-9-15-10-11-7-6-8-14-12(11)13-4-2/h6-8H,3-5,9-10H2,1-2H3,(H,13,14). The highest BCUT2D eigenvalue weighted by atomic mass is 16.5. The summed E-state index contributed by atoms with van der Waals surface area (Å²) >= 11 is 0. The number of hydrogen-bond donors (Lipinski definition) is 1. The Balaban J connectivity index is 2.44. The molecule has 15 heavy (non-hydrogen) atoms. The van der Waals surface area contributed by atoms with Crippen LogP contribution in [0, 0.1) is 0 Å². The zero-order valence-corrected chi connectivity index (χ0v) is 9.62. The van der Waals surface area contributed by atoms with Gasteiger partial charge in [-0.05, 0) is 19.4 Å². The van der Waals surface area contributed by atoms with Crippen molar-refractivity contribution in [2.75, 3.05) is 18.5 Å². The van der Waals surface area contributed by atoms with Gasteiger partial charge < -0.3 is 10.1 Å². The molecule has 0 fully saturated rings. The Morgan fingerprint density at radius 1 is 1.40 bits per heavy atom. The first-order valence-corrected chi connectivity index (χ1v) is 5.64. The van der Waals surface area contributed by atoms with E-state index in [0.29, 0.717) is 6.61 Å². The second-order valence-electron chi connectivity index (χ2n) is 3.45. The van der Waals surface area contributed by atoms with Gasteiger partial charge in [-0.1, -0.05) is 19.4 Å². The second-order valence-corrected chi connectivity index (χ2v) is 3.45. The molecule has 0 saturated heterocycles. The van der Waals surface area contributed by atoms with Gasteiger partial charge in [0.05, 0.1) is 6.61 Å². The monoisotopic (exact) mass is 208 g/mol. The Labute approximate surface area is 91.9 Å². The van der Waals surface area contributed by atoms with Crippen LogP contribution < -0.4 is 5.32 Å². The van der Waals surface area contributed by atoms with Gasteiger partial charge in [0.2, 0.25) is 0 Å². The number of anilines is 1. The Kier molecular flexibility index (Phi) is 5.78. The number of rotatable bonds is 7. The summed E-state index contributed by atoms with van der Waals surface area (Å²) in [6, 6.07) is 4.00. The largest absolute Gasteiger partial charge is 0.377 e. The molecule has 0 amide bonds. The molecule has 84 valence electrons. The Hall–Kier alpha value is -1.09. The van der Waals surface area contributed by atoms with Gasteiger partial charge in [-0.15, -0.1) is 0 Å². The molecule has 0 radical (unpaired) electrons. The highest BCUT2D eigenvalue weighted by Crippen LogP contribution is 2.12. The third-order valence-electron chi connectivity index (χ3n) is 2.14. The topological polar surface area (TPSA) is 34.1 Å². The maximum atomic E-state index is 5.57. The van der Waals surface area contributed by atoms with E-state index < -0.39 is 0 Å². The van der Waals surface area contributed by atoms with Crippen LogP contribution in [0.15, 0.2) is 18.3 Å². The smallest absolute Gasteiger partial charge is 0.131 e.